The predicted octanol–water partition coefficient (Wildman–Crippen LogP) is 25.2. The van der Waals surface area contributed by atoms with Gasteiger partial charge in [0.1, 0.15) is 18.3 Å². The Balaban J connectivity index is 1.05. The number of hydrogen-bond acceptors (Lipinski definition) is 5. The number of rotatable bonds is 9. The van der Waals surface area contributed by atoms with Crippen molar-refractivity contribution in [2.75, 3.05) is 22.2 Å². The molecule has 9 heteroatoms. The van der Waals surface area contributed by atoms with E-state index in [0.29, 0.717) is 29.4 Å². The Kier molecular flexibility index (Phi) is 14.9. The SMILES string of the molecule is CC(C)(C)c1ccc2c(c1)c1cc(C(C)(C)C)ccc1n2-c1cc(N2CN(c3cc(-c4ccccc4)ccc3N)c3cc(-c4ccccc4)ccc32)c(-n2c3ccc(C(C)(C)C)cc3c3cc(C(C)(C)C)ccc32)c(C#N)c1-n1c2ccc(-c3ccccc3)cc2n2c3cc(-c4ccccc4)ccc3nc12. The Hall–Kier alpha value is -12.4. The fourth-order valence-corrected chi connectivity index (χ4v) is 16.3. The molecule has 9 nitrogen and oxygen atoms in total. The van der Waals surface area contributed by atoms with Crippen LogP contribution in [0.1, 0.15) is 111 Å². The molecule has 5 heterocycles. The summed E-state index contributed by atoms with van der Waals surface area (Å²) in [6, 6.07) is 103. The molecule has 0 fully saturated rings. The van der Waals surface area contributed by atoms with Crippen LogP contribution in [-0.2, 0) is 21.7 Å². The Morgan fingerprint density at radius 2 is 0.689 bits per heavy atom. The smallest absolute Gasteiger partial charge is 0.220 e. The number of imidazole rings is 2. The molecule has 1 aliphatic rings. The van der Waals surface area contributed by atoms with E-state index in [2.05, 4.69) is 384 Å². The van der Waals surface area contributed by atoms with Gasteiger partial charge in [-0.2, -0.15) is 5.26 Å². The highest BCUT2D eigenvalue weighted by atomic mass is 15.4. The molecule has 17 aromatic rings. The van der Waals surface area contributed by atoms with E-state index in [1.807, 2.05) is 6.07 Å². The third-order valence-electron chi connectivity index (χ3n) is 22.2. The van der Waals surface area contributed by atoms with Gasteiger partial charge in [0.15, 0.2) is 0 Å². The molecule has 0 aliphatic carbocycles. The molecule has 4 aromatic heterocycles. The third kappa shape index (κ3) is 10.7. The Labute approximate surface area is 619 Å². The fraction of sp³-hybridized carbons (Fsp3) is 0.175. The molecule has 13 aromatic carbocycles. The van der Waals surface area contributed by atoms with Gasteiger partial charge in [-0.3, -0.25) is 8.97 Å². The molecule has 518 valence electrons. The lowest BCUT2D eigenvalue weighted by atomic mass is 9.85. The summed E-state index contributed by atoms with van der Waals surface area (Å²) in [5, 5.41) is 18.0. The molecule has 0 saturated carbocycles. The van der Waals surface area contributed by atoms with Gasteiger partial charge in [0, 0.05) is 21.5 Å². The van der Waals surface area contributed by atoms with Crippen molar-refractivity contribution in [1.82, 2.24) is 23.1 Å². The third-order valence-corrected chi connectivity index (χ3v) is 22.2. The molecule has 18 rings (SSSR count). The maximum Gasteiger partial charge on any atom is 0.220 e. The fourth-order valence-electron chi connectivity index (χ4n) is 16.3. The van der Waals surface area contributed by atoms with Crippen LogP contribution in [0.3, 0.4) is 0 Å². The van der Waals surface area contributed by atoms with E-state index >= 15 is 0 Å². The second-order valence-corrected chi connectivity index (χ2v) is 33.1. The zero-order valence-electron chi connectivity index (χ0n) is 62.3. The van der Waals surface area contributed by atoms with Gasteiger partial charge in [-0.1, -0.05) is 253 Å². The Bertz CT molecular complexity index is 6330. The van der Waals surface area contributed by atoms with Crippen LogP contribution in [0.25, 0.3) is 133 Å². The second kappa shape index (κ2) is 24.1. The second-order valence-electron chi connectivity index (χ2n) is 33.1. The quantitative estimate of drug-likeness (QED) is 0.146. The van der Waals surface area contributed by atoms with Crippen LogP contribution < -0.4 is 15.5 Å². The minimum absolute atomic E-state index is 0.168. The van der Waals surface area contributed by atoms with Crippen molar-refractivity contribution in [1.29, 1.82) is 5.26 Å². The zero-order chi connectivity index (χ0) is 73.0. The van der Waals surface area contributed by atoms with Crippen molar-refractivity contribution >= 4 is 99.9 Å². The zero-order valence-corrected chi connectivity index (χ0v) is 62.3. The van der Waals surface area contributed by atoms with Gasteiger partial charge >= 0.3 is 0 Å². The van der Waals surface area contributed by atoms with Crippen molar-refractivity contribution in [2.24, 2.45) is 0 Å². The van der Waals surface area contributed by atoms with Crippen LogP contribution in [0.2, 0.25) is 0 Å². The minimum atomic E-state index is -0.177. The first-order chi connectivity index (χ1) is 51.0. The van der Waals surface area contributed by atoms with Crippen LogP contribution in [0.5, 0.6) is 0 Å². The lowest BCUT2D eigenvalue weighted by molar-refractivity contribution is 0.590. The van der Waals surface area contributed by atoms with E-state index in [-0.39, 0.29) is 21.7 Å². The highest BCUT2D eigenvalue weighted by Gasteiger charge is 2.38. The van der Waals surface area contributed by atoms with Gasteiger partial charge in [-0.25, -0.2) is 4.98 Å². The first-order valence-electron chi connectivity index (χ1n) is 37.0. The average molecular weight is 1380 g/mol. The lowest BCUT2D eigenvalue weighted by Gasteiger charge is -2.29. The maximum atomic E-state index is 13.6. The van der Waals surface area contributed by atoms with Crippen LogP contribution >= 0.6 is 0 Å². The minimum Gasteiger partial charge on any atom is -0.397 e. The summed E-state index contributed by atoms with van der Waals surface area (Å²) in [6.45, 7) is 27.9. The molecule has 1 aliphatic heterocycles. The molecule has 0 radical (unpaired) electrons. The summed E-state index contributed by atoms with van der Waals surface area (Å²) in [6.07, 6.45) is 0. The first kappa shape index (κ1) is 65.6. The number of aromatic nitrogens is 5. The summed E-state index contributed by atoms with van der Waals surface area (Å²) >= 11 is 0. The van der Waals surface area contributed by atoms with Crippen LogP contribution in [0, 0.1) is 11.3 Å². The number of anilines is 5. The van der Waals surface area contributed by atoms with E-state index in [1.165, 1.54) is 22.3 Å². The van der Waals surface area contributed by atoms with Crippen molar-refractivity contribution in [3.8, 4) is 67.6 Å². The highest BCUT2D eigenvalue weighted by molar-refractivity contribution is 6.14. The molecule has 106 heavy (non-hydrogen) atoms. The van der Waals surface area contributed by atoms with E-state index < -0.39 is 0 Å². The molecular weight excluding hydrogens is 1290 g/mol. The van der Waals surface area contributed by atoms with E-state index in [4.69, 9.17) is 10.7 Å². The molecule has 0 unspecified atom stereocenters. The normalized spacial score (nSPS) is 13.0. The average Bonchev–Trinajstić information content (AvgIpc) is 1.52. The van der Waals surface area contributed by atoms with E-state index in [1.54, 1.807) is 0 Å². The lowest BCUT2D eigenvalue weighted by Crippen LogP contribution is -2.26. The standard InChI is InChI=1S/C97H85N9/c1-94(2,3)68-37-45-79-72(53-68)73-54-69(95(4,5)6)38-46-80(73)103(79)90-57-89(101-59-102(85-49-64(33-41-77(85)99)60-25-17-13-18-26-60)87-51-66(35-43-83(87)101)62-29-21-15-22-30-62)91(104-81-47-39-70(96(7,8)9)55-74(81)75-56-71(97(10,11)12)40-48-82(75)104)76(58-98)92(90)106-84-44-36-67(63-31-23-16-24-32-63)52-88(84)105-86-50-65(61-27-19-14-20-28-61)34-42-78(86)100-93(105)106/h13-57H,59,99H2,1-12H3. The van der Waals surface area contributed by atoms with Crippen molar-refractivity contribution in [2.45, 2.75) is 105 Å². The molecule has 0 spiro atoms. The van der Waals surface area contributed by atoms with Gasteiger partial charge in [0.05, 0.1) is 89.6 Å². The molecule has 2 N–H and O–H groups in total. The summed E-state index contributed by atoms with van der Waals surface area (Å²) < 4.78 is 9.56. The van der Waals surface area contributed by atoms with Crippen molar-refractivity contribution in [3.63, 3.8) is 0 Å². The molecule has 0 atom stereocenters. The summed E-state index contributed by atoms with van der Waals surface area (Å²) in [5.74, 6) is 0.675. The number of nitrogen functional groups attached to an aromatic ring is 1. The largest absolute Gasteiger partial charge is 0.397 e. The molecule has 0 bridgehead atoms. The van der Waals surface area contributed by atoms with Crippen LogP contribution in [0.15, 0.2) is 273 Å². The van der Waals surface area contributed by atoms with Crippen LogP contribution in [0.4, 0.5) is 28.4 Å². The summed E-state index contributed by atoms with van der Waals surface area (Å²) in [7, 11) is 0. The number of hydrogen-bond donors (Lipinski definition) is 1. The monoisotopic (exact) mass is 1380 g/mol. The Morgan fingerprint density at radius 1 is 0.311 bits per heavy atom. The van der Waals surface area contributed by atoms with Crippen LogP contribution in [-0.4, -0.2) is 29.8 Å². The van der Waals surface area contributed by atoms with Gasteiger partial charge in [-0.15, -0.1) is 0 Å². The number of benzene rings is 13. The van der Waals surface area contributed by atoms with Gasteiger partial charge in [0.2, 0.25) is 5.78 Å². The summed E-state index contributed by atoms with van der Waals surface area (Å²) in [4.78, 5) is 10.7. The van der Waals surface area contributed by atoms with E-state index in [9.17, 15) is 5.26 Å². The van der Waals surface area contributed by atoms with E-state index in [0.717, 1.165) is 144 Å². The molecular formula is C97H85N9. The molecule has 0 amide bonds. The number of nitrogens with two attached hydrogens (primary N) is 1. The number of fused-ring (bicyclic) bond motifs is 12. The number of nitriles is 1. The van der Waals surface area contributed by atoms with Crippen molar-refractivity contribution < 1.29 is 0 Å². The Morgan fingerprint density at radius 3 is 1.14 bits per heavy atom. The molecule has 0 saturated heterocycles. The number of nitrogens with zero attached hydrogens (tertiary/aromatic N) is 8. The first-order valence-corrected chi connectivity index (χ1v) is 37.0. The van der Waals surface area contributed by atoms with Gasteiger partial charge < -0.3 is 24.7 Å². The predicted molar refractivity (Wildman–Crippen MR) is 446 cm³/mol. The maximum absolute atomic E-state index is 13.6. The van der Waals surface area contributed by atoms with Gasteiger partial charge in [-0.05, 0) is 192 Å². The summed E-state index contributed by atoms with van der Waals surface area (Å²) in [5.41, 5.74) is 34.9. The topological polar surface area (TPSA) is 88.4 Å². The van der Waals surface area contributed by atoms with Crippen molar-refractivity contribution in [3.05, 3.63) is 301 Å². The van der Waals surface area contributed by atoms with Gasteiger partial charge in [0.25, 0.3) is 0 Å². The highest BCUT2D eigenvalue weighted by Crippen LogP contribution is 2.54.